The van der Waals surface area contributed by atoms with Crippen LogP contribution < -0.4 is 4.90 Å². The Labute approximate surface area is 156 Å². The topological polar surface area (TPSA) is 3.24 Å². The maximum absolute atomic E-state index is 2.28. The summed E-state index contributed by atoms with van der Waals surface area (Å²) in [6.45, 7) is 6.24. The first-order chi connectivity index (χ1) is 12.7. The Balaban J connectivity index is 2.00. The maximum atomic E-state index is 2.28. The molecule has 0 aliphatic rings. The number of rotatable bonds is 5. The molecule has 0 aliphatic carbocycles. The first kappa shape index (κ1) is 17.8. The molecule has 26 heavy (non-hydrogen) atoms. The minimum atomic E-state index is 1.15. The molecule has 3 aromatic carbocycles. The molecule has 3 rings (SSSR count). The van der Waals surface area contributed by atoms with Crippen LogP contribution in [0, 0.1) is 6.92 Å². The molecule has 0 aliphatic heterocycles. The fourth-order valence-corrected chi connectivity index (χ4v) is 3.04. The lowest BCUT2D eigenvalue weighted by molar-refractivity contribution is 1.20. The predicted octanol–water partition coefficient (Wildman–Crippen LogP) is 7.28. The zero-order valence-electron chi connectivity index (χ0n) is 15.7. The van der Waals surface area contributed by atoms with Gasteiger partial charge in [-0.3, -0.25) is 0 Å². The number of aryl methyl sites for hydroxylation is 1. The molecule has 0 fully saturated rings. The van der Waals surface area contributed by atoms with E-state index in [9.17, 15) is 0 Å². The number of nitrogens with zero attached hydrogens (tertiary/aromatic N) is 1. The van der Waals surface area contributed by atoms with Gasteiger partial charge in [-0.25, -0.2) is 0 Å². The van der Waals surface area contributed by atoms with Crippen LogP contribution in [0.5, 0.6) is 0 Å². The molecule has 0 N–H and O–H groups in total. The van der Waals surface area contributed by atoms with E-state index < -0.39 is 0 Å². The highest BCUT2D eigenvalue weighted by Gasteiger charge is 2.12. The highest BCUT2D eigenvalue weighted by Crippen LogP contribution is 2.32. The van der Waals surface area contributed by atoms with Gasteiger partial charge in [-0.1, -0.05) is 72.3 Å². The second-order valence-corrected chi connectivity index (χ2v) is 6.30. The summed E-state index contributed by atoms with van der Waals surface area (Å²) in [7, 11) is 0. The van der Waals surface area contributed by atoms with E-state index in [0.717, 1.165) is 17.1 Å². The first-order valence-corrected chi connectivity index (χ1v) is 9.04. The monoisotopic (exact) mass is 339 g/mol. The second kappa shape index (κ2) is 8.35. The van der Waals surface area contributed by atoms with Gasteiger partial charge < -0.3 is 4.90 Å². The minimum Gasteiger partial charge on any atom is -0.311 e. The fraction of sp³-hybridized carbons (Fsp3) is 0.120. The van der Waals surface area contributed by atoms with E-state index in [1.54, 1.807) is 0 Å². The number of allylic oxidation sites excluding steroid dienone is 3. The normalized spacial score (nSPS) is 11.7. The lowest BCUT2D eigenvalue weighted by Gasteiger charge is -2.26. The summed E-state index contributed by atoms with van der Waals surface area (Å²) in [5, 5.41) is 0. The van der Waals surface area contributed by atoms with Crippen molar-refractivity contribution in [2.75, 3.05) is 4.90 Å². The second-order valence-electron chi connectivity index (χ2n) is 6.30. The van der Waals surface area contributed by atoms with Crippen molar-refractivity contribution in [3.05, 3.63) is 108 Å². The Morgan fingerprint density at radius 3 is 1.77 bits per heavy atom. The number of para-hydroxylation sites is 1. The molecule has 1 heteroatoms. The Bertz CT molecular complexity index is 885. The van der Waals surface area contributed by atoms with E-state index in [4.69, 9.17) is 0 Å². The van der Waals surface area contributed by atoms with Crippen molar-refractivity contribution in [1.29, 1.82) is 0 Å². The fourth-order valence-electron chi connectivity index (χ4n) is 3.04. The van der Waals surface area contributed by atoms with Gasteiger partial charge in [0.1, 0.15) is 0 Å². The van der Waals surface area contributed by atoms with Crippen molar-refractivity contribution in [1.82, 2.24) is 0 Å². The molecule has 0 saturated heterocycles. The number of anilines is 2. The molecule has 0 bridgehead atoms. The summed E-state index contributed by atoms with van der Waals surface area (Å²) >= 11 is 0. The maximum Gasteiger partial charge on any atom is 0.0461 e. The molecule has 0 aromatic heterocycles. The molecule has 0 heterocycles. The molecular weight excluding hydrogens is 314 g/mol. The van der Waals surface area contributed by atoms with Crippen LogP contribution in [-0.4, -0.2) is 0 Å². The van der Waals surface area contributed by atoms with Crippen LogP contribution in [0.4, 0.5) is 11.4 Å². The number of hydrogen-bond donors (Lipinski definition) is 0. The zero-order chi connectivity index (χ0) is 18.4. The summed E-state index contributed by atoms with van der Waals surface area (Å²) in [4.78, 5) is 2.28. The van der Waals surface area contributed by atoms with Gasteiger partial charge in [-0.15, -0.1) is 0 Å². The smallest absolute Gasteiger partial charge is 0.0461 e. The van der Waals surface area contributed by atoms with Gasteiger partial charge >= 0.3 is 0 Å². The van der Waals surface area contributed by atoms with Gasteiger partial charge in [0, 0.05) is 17.1 Å². The van der Waals surface area contributed by atoms with Crippen LogP contribution in [0.2, 0.25) is 0 Å². The molecule has 0 spiro atoms. The van der Waals surface area contributed by atoms with Crippen LogP contribution in [0.15, 0.2) is 103 Å². The number of benzene rings is 3. The first-order valence-electron chi connectivity index (χ1n) is 9.04. The average Bonchev–Trinajstić information content (AvgIpc) is 2.69. The minimum absolute atomic E-state index is 1.15. The van der Waals surface area contributed by atoms with Crippen LogP contribution in [-0.2, 0) is 0 Å². The van der Waals surface area contributed by atoms with E-state index in [1.165, 1.54) is 16.7 Å². The highest BCUT2D eigenvalue weighted by atomic mass is 15.1. The lowest BCUT2D eigenvalue weighted by Crippen LogP contribution is -2.14. The van der Waals surface area contributed by atoms with Gasteiger partial charge in [-0.05, 0) is 62.2 Å². The summed E-state index contributed by atoms with van der Waals surface area (Å²) in [5.41, 5.74) is 7.22. The molecule has 0 saturated carbocycles. The predicted molar refractivity (Wildman–Crippen MR) is 114 cm³/mol. The molecule has 1 nitrogen and oxygen atoms in total. The largest absolute Gasteiger partial charge is 0.311 e. The Hall–Kier alpha value is -3.06. The van der Waals surface area contributed by atoms with Gasteiger partial charge in [0.2, 0.25) is 0 Å². The molecule has 3 aromatic rings. The van der Waals surface area contributed by atoms with Gasteiger partial charge in [0.25, 0.3) is 0 Å². The van der Waals surface area contributed by atoms with Gasteiger partial charge in [0.05, 0.1) is 0 Å². The summed E-state index contributed by atoms with van der Waals surface area (Å²) in [6.07, 6.45) is 6.35. The molecule has 0 amide bonds. The van der Waals surface area contributed by atoms with Gasteiger partial charge in [-0.2, -0.15) is 0 Å². The molecule has 0 radical (unpaired) electrons. The van der Waals surface area contributed by atoms with Crippen LogP contribution in [0.1, 0.15) is 19.4 Å². The third-order valence-electron chi connectivity index (χ3n) is 4.42. The van der Waals surface area contributed by atoms with Crippen LogP contribution in [0.3, 0.4) is 0 Å². The van der Waals surface area contributed by atoms with Crippen molar-refractivity contribution < 1.29 is 0 Å². The third kappa shape index (κ3) is 3.94. The SMILES string of the molecule is C/C=C\C(=C/C)N(c1ccccc1)c1ccc(-c2ccc(C)cc2)cc1. The number of hydrogen-bond acceptors (Lipinski definition) is 1. The van der Waals surface area contributed by atoms with E-state index in [-0.39, 0.29) is 0 Å². The lowest BCUT2D eigenvalue weighted by atomic mass is 10.0. The van der Waals surface area contributed by atoms with Crippen molar-refractivity contribution in [3.8, 4) is 11.1 Å². The van der Waals surface area contributed by atoms with E-state index in [0.29, 0.717) is 0 Å². The van der Waals surface area contributed by atoms with E-state index in [1.807, 2.05) is 13.0 Å². The summed E-state index contributed by atoms with van der Waals surface area (Å²) < 4.78 is 0. The van der Waals surface area contributed by atoms with Gasteiger partial charge in [0.15, 0.2) is 0 Å². The summed E-state index contributed by atoms with van der Waals surface area (Å²) in [5.74, 6) is 0. The van der Waals surface area contributed by atoms with E-state index >= 15 is 0 Å². The third-order valence-corrected chi connectivity index (χ3v) is 4.42. The summed E-state index contributed by atoms with van der Waals surface area (Å²) in [6, 6.07) is 27.9. The molecular formula is C25H25N. The average molecular weight is 339 g/mol. The molecule has 0 atom stereocenters. The Kier molecular flexibility index (Phi) is 5.70. The Morgan fingerprint density at radius 1 is 0.692 bits per heavy atom. The van der Waals surface area contributed by atoms with Crippen molar-refractivity contribution in [2.45, 2.75) is 20.8 Å². The van der Waals surface area contributed by atoms with Crippen molar-refractivity contribution in [2.24, 2.45) is 0 Å². The van der Waals surface area contributed by atoms with Crippen molar-refractivity contribution >= 4 is 11.4 Å². The standard InChI is InChI=1S/C25H25N/c1-4-9-23(5-2)26(24-10-7-6-8-11-24)25-18-16-22(17-19-25)21-14-12-20(3)13-15-21/h4-19H,1-3H3/b9-4-,23-5+. The molecule has 0 unspecified atom stereocenters. The van der Waals surface area contributed by atoms with Crippen LogP contribution >= 0.6 is 0 Å². The quantitative estimate of drug-likeness (QED) is 0.441. The van der Waals surface area contributed by atoms with Crippen molar-refractivity contribution in [3.63, 3.8) is 0 Å². The highest BCUT2D eigenvalue weighted by molar-refractivity contribution is 5.73. The van der Waals surface area contributed by atoms with E-state index in [2.05, 4.69) is 110 Å². The zero-order valence-corrected chi connectivity index (χ0v) is 15.7. The molecule has 130 valence electrons. The van der Waals surface area contributed by atoms with Crippen LogP contribution in [0.25, 0.3) is 11.1 Å². The Morgan fingerprint density at radius 2 is 1.23 bits per heavy atom.